The molecular weight excluding hydrogens is 456 g/mol. The molecule has 4 aromatic rings. The number of hydrogen-bond donors (Lipinski definition) is 0. The Kier molecular flexibility index (Phi) is 6.79. The van der Waals surface area contributed by atoms with E-state index in [1.165, 1.54) is 0 Å². The van der Waals surface area contributed by atoms with Gasteiger partial charge >= 0.3 is 0 Å². The first kappa shape index (κ1) is 23.3. The first-order valence-electron chi connectivity index (χ1n) is 11.8. The second-order valence-electron chi connectivity index (χ2n) is 8.45. The predicted molar refractivity (Wildman–Crippen MR) is 137 cm³/mol. The fraction of sp³-hybridized carbons (Fsp3) is 0.259. The Morgan fingerprint density at radius 3 is 2.00 bits per heavy atom. The number of piperazine rings is 1. The average Bonchev–Trinajstić information content (AvgIpc) is 3.37. The molecule has 3 heterocycles. The van der Waals surface area contributed by atoms with Gasteiger partial charge in [0.15, 0.2) is 0 Å². The summed E-state index contributed by atoms with van der Waals surface area (Å²) in [6.45, 7) is 2.76. The molecule has 36 heavy (non-hydrogen) atoms. The van der Waals surface area contributed by atoms with Crippen LogP contribution < -0.4 is 14.4 Å². The van der Waals surface area contributed by atoms with E-state index < -0.39 is 0 Å². The Balaban J connectivity index is 1.36. The van der Waals surface area contributed by atoms with Crippen LogP contribution in [0.3, 0.4) is 0 Å². The molecule has 0 atom stereocenters. The van der Waals surface area contributed by atoms with E-state index in [0.717, 1.165) is 34.0 Å². The SMILES string of the molecule is COc1ccc(-c2cc(-c3ccc(OC)cc3)n(CC(=O)N3CCN(c4ncccn4)CC3)n2)cc1. The van der Waals surface area contributed by atoms with Gasteiger partial charge < -0.3 is 19.3 Å². The summed E-state index contributed by atoms with van der Waals surface area (Å²) in [5.41, 5.74) is 3.57. The van der Waals surface area contributed by atoms with Gasteiger partial charge in [-0.25, -0.2) is 9.97 Å². The third kappa shape index (κ3) is 5.00. The molecule has 5 rings (SSSR count). The van der Waals surface area contributed by atoms with Gasteiger partial charge in [0.25, 0.3) is 0 Å². The lowest BCUT2D eigenvalue weighted by molar-refractivity contribution is -0.132. The maximum atomic E-state index is 13.3. The number of ether oxygens (including phenoxy) is 2. The number of benzene rings is 2. The molecule has 1 aliphatic rings. The zero-order chi connectivity index (χ0) is 24.9. The van der Waals surface area contributed by atoms with Crippen LogP contribution in [0.15, 0.2) is 73.1 Å². The summed E-state index contributed by atoms with van der Waals surface area (Å²) in [7, 11) is 3.28. The summed E-state index contributed by atoms with van der Waals surface area (Å²) in [5.74, 6) is 2.28. The molecule has 1 saturated heterocycles. The molecule has 2 aromatic carbocycles. The van der Waals surface area contributed by atoms with Gasteiger partial charge in [-0.2, -0.15) is 5.10 Å². The Morgan fingerprint density at radius 1 is 0.833 bits per heavy atom. The zero-order valence-electron chi connectivity index (χ0n) is 20.4. The molecule has 9 nitrogen and oxygen atoms in total. The highest BCUT2D eigenvalue weighted by molar-refractivity contribution is 5.78. The van der Waals surface area contributed by atoms with Crippen molar-refractivity contribution in [2.24, 2.45) is 0 Å². The second kappa shape index (κ2) is 10.5. The van der Waals surface area contributed by atoms with Gasteiger partial charge in [0.05, 0.1) is 25.6 Å². The third-order valence-corrected chi connectivity index (χ3v) is 6.30. The lowest BCUT2D eigenvalue weighted by atomic mass is 10.1. The summed E-state index contributed by atoms with van der Waals surface area (Å²) < 4.78 is 12.4. The van der Waals surface area contributed by atoms with E-state index in [9.17, 15) is 4.79 Å². The van der Waals surface area contributed by atoms with Crippen LogP contribution in [0.1, 0.15) is 0 Å². The van der Waals surface area contributed by atoms with Crippen molar-refractivity contribution in [3.8, 4) is 34.0 Å². The van der Waals surface area contributed by atoms with Crippen LogP contribution in [0.4, 0.5) is 5.95 Å². The van der Waals surface area contributed by atoms with E-state index in [-0.39, 0.29) is 12.5 Å². The fourth-order valence-electron chi connectivity index (χ4n) is 4.27. The van der Waals surface area contributed by atoms with Gasteiger partial charge in [-0.1, -0.05) is 0 Å². The highest BCUT2D eigenvalue weighted by atomic mass is 16.5. The van der Waals surface area contributed by atoms with Gasteiger partial charge in [0.1, 0.15) is 18.0 Å². The quantitative estimate of drug-likeness (QED) is 0.398. The molecule has 0 spiro atoms. The van der Waals surface area contributed by atoms with Crippen molar-refractivity contribution in [1.82, 2.24) is 24.6 Å². The minimum absolute atomic E-state index is 0.0303. The van der Waals surface area contributed by atoms with Crippen LogP contribution in [0.25, 0.3) is 22.5 Å². The number of anilines is 1. The van der Waals surface area contributed by atoms with E-state index in [1.54, 1.807) is 37.4 Å². The monoisotopic (exact) mass is 484 g/mol. The van der Waals surface area contributed by atoms with Crippen LogP contribution in [-0.2, 0) is 11.3 Å². The maximum absolute atomic E-state index is 13.3. The molecule has 0 N–H and O–H groups in total. The lowest BCUT2D eigenvalue weighted by Crippen LogP contribution is -2.50. The molecule has 0 aliphatic carbocycles. The predicted octanol–water partition coefficient (Wildman–Crippen LogP) is 3.37. The summed E-state index contributed by atoms with van der Waals surface area (Å²) in [6.07, 6.45) is 3.47. The van der Waals surface area contributed by atoms with Crippen LogP contribution in [0.2, 0.25) is 0 Å². The molecule has 184 valence electrons. The topological polar surface area (TPSA) is 85.6 Å². The summed E-state index contributed by atoms with van der Waals surface area (Å²) in [6, 6.07) is 19.3. The Morgan fingerprint density at radius 2 is 1.42 bits per heavy atom. The van der Waals surface area contributed by atoms with Crippen molar-refractivity contribution >= 4 is 11.9 Å². The molecule has 1 aliphatic heterocycles. The number of carbonyl (C=O) groups is 1. The third-order valence-electron chi connectivity index (χ3n) is 6.30. The number of methoxy groups -OCH3 is 2. The van der Waals surface area contributed by atoms with E-state index in [0.29, 0.717) is 32.1 Å². The van der Waals surface area contributed by atoms with Crippen LogP contribution >= 0.6 is 0 Å². The maximum Gasteiger partial charge on any atom is 0.244 e. The van der Waals surface area contributed by atoms with E-state index in [4.69, 9.17) is 14.6 Å². The number of nitrogens with zero attached hydrogens (tertiary/aromatic N) is 6. The molecule has 1 amide bonds. The van der Waals surface area contributed by atoms with Gasteiger partial charge in [-0.05, 0) is 60.7 Å². The first-order valence-corrected chi connectivity index (χ1v) is 11.8. The van der Waals surface area contributed by atoms with Crippen LogP contribution in [0, 0.1) is 0 Å². The normalized spacial score (nSPS) is 13.5. The molecule has 9 heteroatoms. The van der Waals surface area contributed by atoms with Crippen LogP contribution in [0.5, 0.6) is 11.5 Å². The Labute approximate surface area is 209 Å². The Bertz CT molecular complexity index is 1300. The molecule has 1 fully saturated rings. The van der Waals surface area contributed by atoms with Crippen molar-refractivity contribution in [2.75, 3.05) is 45.3 Å². The molecule has 0 unspecified atom stereocenters. The number of carbonyl (C=O) groups excluding carboxylic acids is 1. The second-order valence-corrected chi connectivity index (χ2v) is 8.45. The van der Waals surface area contributed by atoms with E-state index in [1.807, 2.05) is 59.5 Å². The highest BCUT2D eigenvalue weighted by Crippen LogP contribution is 2.29. The number of aromatic nitrogens is 4. The fourth-order valence-corrected chi connectivity index (χ4v) is 4.27. The summed E-state index contributed by atoms with van der Waals surface area (Å²) in [5, 5.41) is 4.82. The zero-order valence-corrected chi connectivity index (χ0v) is 20.4. The minimum Gasteiger partial charge on any atom is -0.497 e. The van der Waals surface area contributed by atoms with Gasteiger partial charge in [0, 0.05) is 49.7 Å². The largest absolute Gasteiger partial charge is 0.497 e. The number of amides is 1. The standard InChI is InChI=1S/C27H28N6O3/c1-35-22-8-4-20(5-9-22)24-18-25(21-6-10-23(36-2)11-7-21)33(30-24)19-26(34)31-14-16-32(17-15-31)27-28-12-3-13-29-27/h3-13,18H,14-17,19H2,1-2H3. The average molecular weight is 485 g/mol. The molecule has 0 saturated carbocycles. The van der Waals surface area contributed by atoms with Crippen molar-refractivity contribution < 1.29 is 14.3 Å². The molecule has 0 bridgehead atoms. The minimum atomic E-state index is 0.0303. The molecule has 0 radical (unpaired) electrons. The van der Waals surface area contributed by atoms with E-state index in [2.05, 4.69) is 14.9 Å². The van der Waals surface area contributed by atoms with Crippen LogP contribution in [-0.4, -0.2) is 71.0 Å². The number of rotatable bonds is 7. The highest BCUT2D eigenvalue weighted by Gasteiger charge is 2.24. The smallest absolute Gasteiger partial charge is 0.244 e. The van der Waals surface area contributed by atoms with Gasteiger partial charge in [0.2, 0.25) is 11.9 Å². The molecular formula is C27H28N6O3. The summed E-state index contributed by atoms with van der Waals surface area (Å²) >= 11 is 0. The first-order chi connectivity index (χ1) is 17.6. The van der Waals surface area contributed by atoms with E-state index >= 15 is 0 Å². The van der Waals surface area contributed by atoms with Crippen molar-refractivity contribution in [3.05, 3.63) is 73.1 Å². The van der Waals surface area contributed by atoms with Crippen molar-refractivity contribution in [1.29, 1.82) is 0 Å². The summed E-state index contributed by atoms with van der Waals surface area (Å²) in [4.78, 5) is 25.9. The van der Waals surface area contributed by atoms with Crippen molar-refractivity contribution in [2.45, 2.75) is 6.54 Å². The lowest BCUT2D eigenvalue weighted by Gasteiger charge is -2.34. The van der Waals surface area contributed by atoms with Gasteiger partial charge in [-0.15, -0.1) is 0 Å². The number of hydrogen-bond acceptors (Lipinski definition) is 7. The van der Waals surface area contributed by atoms with Crippen molar-refractivity contribution in [3.63, 3.8) is 0 Å². The van der Waals surface area contributed by atoms with Gasteiger partial charge in [-0.3, -0.25) is 9.48 Å². The molecule has 2 aromatic heterocycles. The Hall–Kier alpha value is -4.40.